The van der Waals surface area contributed by atoms with Gasteiger partial charge in [0.05, 0.1) is 0 Å². The standard InChI is InChI=1S/C10H12N2O3/c1-8(13)11-10(7-12(14)15)9-5-3-2-4-6-9/h2-6,10H,7H2,1H3,(H,11,13)/t10-/m0/s1. The molecule has 0 bridgehead atoms. The smallest absolute Gasteiger partial charge is 0.227 e. The number of amides is 1. The molecule has 1 aromatic rings. The Hall–Kier alpha value is -1.91. The van der Waals surface area contributed by atoms with Crippen LogP contribution in [0.15, 0.2) is 30.3 Å². The summed E-state index contributed by atoms with van der Waals surface area (Å²) in [6.45, 7) is 1.04. The van der Waals surface area contributed by atoms with Crippen molar-refractivity contribution in [2.75, 3.05) is 6.54 Å². The average molecular weight is 208 g/mol. The highest BCUT2D eigenvalue weighted by Gasteiger charge is 2.17. The monoisotopic (exact) mass is 208 g/mol. The van der Waals surface area contributed by atoms with E-state index in [-0.39, 0.29) is 12.5 Å². The predicted octanol–water partition coefficient (Wildman–Crippen LogP) is 1.14. The molecule has 0 spiro atoms. The fourth-order valence-corrected chi connectivity index (χ4v) is 1.31. The highest BCUT2D eigenvalue weighted by molar-refractivity contribution is 5.73. The highest BCUT2D eigenvalue weighted by Crippen LogP contribution is 2.12. The molecule has 0 saturated carbocycles. The minimum Gasteiger partial charge on any atom is -0.343 e. The first-order chi connectivity index (χ1) is 7.09. The van der Waals surface area contributed by atoms with Gasteiger partial charge in [-0.2, -0.15) is 0 Å². The van der Waals surface area contributed by atoms with Gasteiger partial charge in [-0.15, -0.1) is 0 Å². The van der Waals surface area contributed by atoms with Crippen LogP contribution in [0.4, 0.5) is 0 Å². The van der Waals surface area contributed by atoms with E-state index >= 15 is 0 Å². The van der Waals surface area contributed by atoms with Crippen molar-refractivity contribution in [3.63, 3.8) is 0 Å². The minimum atomic E-state index is -0.557. The van der Waals surface area contributed by atoms with Crippen molar-refractivity contribution in [3.05, 3.63) is 46.0 Å². The molecule has 5 nitrogen and oxygen atoms in total. The Kier molecular flexibility index (Phi) is 3.79. The molecule has 1 atom stereocenters. The summed E-state index contributed by atoms with van der Waals surface area (Å²) >= 11 is 0. The summed E-state index contributed by atoms with van der Waals surface area (Å²) in [6.07, 6.45) is 0. The molecule has 0 unspecified atom stereocenters. The summed E-state index contributed by atoms with van der Waals surface area (Å²) in [4.78, 5) is 20.9. The Balaban J connectivity index is 2.81. The van der Waals surface area contributed by atoms with Crippen LogP contribution in [0.5, 0.6) is 0 Å². The number of hydrogen-bond donors (Lipinski definition) is 1. The fraction of sp³-hybridized carbons (Fsp3) is 0.300. The number of nitro groups is 1. The van der Waals surface area contributed by atoms with E-state index in [0.717, 1.165) is 5.56 Å². The Morgan fingerprint density at radius 3 is 2.53 bits per heavy atom. The molecular formula is C10H12N2O3. The van der Waals surface area contributed by atoms with Crippen molar-refractivity contribution in [3.8, 4) is 0 Å². The Labute approximate surface area is 87.3 Å². The molecule has 0 aliphatic carbocycles. The zero-order valence-corrected chi connectivity index (χ0v) is 8.34. The van der Waals surface area contributed by atoms with Crippen molar-refractivity contribution >= 4 is 5.91 Å². The number of nitrogens with one attached hydrogen (secondary N) is 1. The second-order valence-corrected chi connectivity index (χ2v) is 3.18. The predicted molar refractivity (Wildman–Crippen MR) is 54.9 cm³/mol. The topological polar surface area (TPSA) is 72.2 Å². The number of benzene rings is 1. The zero-order valence-electron chi connectivity index (χ0n) is 8.34. The Bertz CT molecular complexity index is 335. The summed E-state index contributed by atoms with van der Waals surface area (Å²) in [7, 11) is 0. The molecule has 1 rings (SSSR count). The van der Waals surface area contributed by atoms with E-state index in [0.29, 0.717) is 0 Å². The van der Waals surface area contributed by atoms with Crippen LogP contribution < -0.4 is 5.32 Å². The number of carbonyl (C=O) groups excluding carboxylic acids is 1. The van der Waals surface area contributed by atoms with E-state index in [1.165, 1.54) is 6.92 Å². The van der Waals surface area contributed by atoms with Crippen LogP contribution in [0.3, 0.4) is 0 Å². The summed E-state index contributed by atoms with van der Waals surface area (Å²) in [6, 6.07) is 8.33. The zero-order chi connectivity index (χ0) is 11.3. The van der Waals surface area contributed by atoms with Crippen LogP contribution in [0, 0.1) is 10.1 Å². The van der Waals surface area contributed by atoms with Crippen molar-refractivity contribution < 1.29 is 9.72 Å². The molecule has 80 valence electrons. The summed E-state index contributed by atoms with van der Waals surface area (Å²) < 4.78 is 0. The van der Waals surface area contributed by atoms with Crippen LogP contribution in [-0.2, 0) is 4.79 Å². The first-order valence-corrected chi connectivity index (χ1v) is 4.53. The number of rotatable bonds is 4. The van der Waals surface area contributed by atoms with Gasteiger partial charge in [0, 0.05) is 11.8 Å². The van der Waals surface area contributed by atoms with Gasteiger partial charge in [0.2, 0.25) is 12.5 Å². The Morgan fingerprint density at radius 1 is 1.47 bits per heavy atom. The molecule has 0 aromatic heterocycles. The first kappa shape index (κ1) is 11.2. The normalized spacial score (nSPS) is 11.8. The maximum absolute atomic E-state index is 10.9. The van der Waals surface area contributed by atoms with Gasteiger partial charge in [-0.3, -0.25) is 14.9 Å². The lowest BCUT2D eigenvalue weighted by atomic mass is 10.1. The molecule has 1 aromatic carbocycles. The molecule has 0 fully saturated rings. The van der Waals surface area contributed by atoms with E-state index in [1.54, 1.807) is 24.3 Å². The third-order valence-electron chi connectivity index (χ3n) is 1.91. The number of carbonyl (C=O) groups is 1. The largest absolute Gasteiger partial charge is 0.343 e. The van der Waals surface area contributed by atoms with Gasteiger partial charge in [0.1, 0.15) is 6.04 Å². The third kappa shape index (κ3) is 3.76. The summed E-state index contributed by atoms with van der Waals surface area (Å²) in [5, 5.41) is 13.0. The minimum absolute atomic E-state index is 0.272. The van der Waals surface area contributed by atoms with Crippen LogP contribution in [0.25, 0.3) is 0 Å². The number of hydrogen-bond acceptors (Lipinski definition) is 3. The molecule has 0 heterocycles. The van der Waals surface area contributed by atoms with Crippen LogP contribution in [0.1, 0.15) is 18.5 Å². The van der Waals surface area contributed by atoms with Crippen molar-refractivity contribution in [1.29, 1.82) is 0 Å². The second kappa shape index (κ2) is 5.09. The van der Waals surface area contributed by atoms with Gasteiger partial charge >= 0.3 is 0 Å². The van der Waals surface area contributed by atoms with Crippen molar-refractivity contribution in [2.24, 2.45) is 0 Å². The lowest BCUT2D eigenvalue weighted by molar-refractivity contribution is -0.484. The first-order valence-electron chi connectivity index (χ1n) is 4.53. The van der Waals surface area contributed by atoms with Gasteiger partial charge in [-0.25, -0.2) is 0 Å². The highest BCUT2D eigenvalue weighted by atomic mass is 16.6. The van der Waals surface area contributed by atoms with E-state index in [2.05, 4.69) is 5.32 Å². The quantitative estimate of drug-likeness (QED) is 0.595. The van der Waals surface area contributed by atoms with Gasteiger partial charge in [-0.1, -0.05) is 30.3 Å². The molecule has 15 heavy (non-hydrogen) atoms. The Morgan fingerprint density at radius 2 is 2.07 bits per heavy atom. The SMILES string of the molecule is CC(=O)N[C@@H](C[N+](=O)[O-])c1ccccc1. The van der Waals surface area contributed by atoms with Crippen LogP contribution in [0.2, 0.25) is 0 Å². The maximum Gasteiger partial charge on any atom is 0.227 e. The maximum atomic E-state index is 10.9. The van der Waals surface area contributed by atoms with Gasteiger partial charge in [0.25, 0.3) is 0 Å². The van der Waals surface area contributed by atoms with E-state index in [1.807, 2.05) is 6.07 Å². The van der Waals surface area contributed by atoms with E-state index < -0.39 is 11.0 Å². The molecule has 0 saturated heterocycles. The van der Waals surface area contributed by atoms with Crippen LogP contribution >= 0.6 is 0 Å². The van der Waals surface area contributed by atoms with Gasteiger partial charge in [-0.05, 0) is 5.56 Å². The van der Waals surface area contributed by atoms with Crippen molar-refractivity contribution in [2.45, 2.75) is 13.0 Å². The molecule has 1 N–H and O–H groups in total. The summed E-state index contributed by atoms with van der Waals surface area (Å²) in [5.74, 6) is -0.272. The van der Waals surface area contributed by atoms with Gasteiger partial charge in [0.15, 0.2) is 0 Å². The lowest BCUT2D eigenvalue weighted by Gasteiger charge is -2.13. The van der Waals surface area contributed by atoms with Crippen LogP contribution in [-0.4, -0.2) is 17.4 Å². The van der Waals surface area contributed by atoms with E-state index in [4.69, 9.17) is 0 Å². The molecular weight excluding hydrogens is 196 g/mol. The summed E-state index contributed by atoms with van der Waals surface area (Å²) in [5.41, 5.74) is 0.740. The third-order valence-corrected chi connectivity index (χ3v) is 1.91. The van der Waals surface area contributed by atoms with E-state index in [9.17, 15) is 14.9 Å². The van der Waals surface area contributed by atoms with Gasteiger partial charge < -0.3 is 5.32 Å². The second-order valence-electron chi connectivity index (χ2n) is 3.18. The lowest BCUT2D eigenvalue weighted by Crippen LogP contribution is -2.31. The molecule has 1 amide bonds. The molecule has 0 aliphatic rings. The van der Waals surface area contributed by atoms with Crippen molar-refractivity contribution in [1.82, 2.24) is 5.32 Å². The number of nitrogens with zero attached hydrogens (tertiary/aromatic N) is 1. The average Bonchev–Trinajstić information content (AvgIpc) is 2.17. The fourth-order valence-electron chi connectivity index (χ4n) is 1.31. The molecule has 5 heteroatoms. The molecule has 0 aliphatic heterocycles. The molecule has 0 radical (unpaired) electrons.